The number of para-hydroxylation sites is 1. The highest BCUT2D eigenvalue weighted by Gasteiger charge is 2.29. The van der Waals surface area contributed by atoms with Crippen LogP contribution in [0.3, 0.4) is 0 Å². The molecule has 1 saturated carbocycles. The lowest BCUT2D eigenvalue weighted by atomic mass is 10.1. The van der Waals surface area contributed by atoms with E-state index in [0.717, 1.165) is 31.4 Å². The fourth-order valence-corrected chi connectivity index (χ4v) is 4.82. The van der Waals surface area contributed by atoms with Crippen LogP contribution in [0.2, 0.25) is 0 Å². The minimum absolute atomic E-state index is 0.0816. The fraction of sp³-hybridized carbons (Fsp3) is 0.520. The van der Waals surface area contributed by atoms with Crippen molar-refractivity contribution < 1.29 is 18.4 Å². The maximum absolute atomic E-state index is 14.2. The third-order valence-corrected chi connectivity index (χ3v) is 6.67. The lowest BCUT2D eigenvalue weighted by Gasteiger charge is -2.39. The summed E-state index contributed by atoms with van der Waals surface area (Å²) in [5.41, 5.74) is 0.607. The van der Waals surface area contributed by atoms with E-state index in [9.17, 15) is 14.0 Å². The number of hydrogen-bond acceptors (Lipinski definition) is 5. The van der Waals surface area contributed by atoms with Gasteiger partial charge in [0.15, 0.2) is 0 Å². The molecule has 2 heterocycles. The van der Waals surface area contributed by atoms with E-state index in [1.54, 1.807) is 18.4 Å². The molecule has 8 heteroatoms. The Labute approximate surface area is 194 Å². The van der Waals surface area contributed by atoms with E-state index in [1.807, 2.05) is 23.1 Å². The van der Waals surface area contributed by atoms with Gasteiger partial charge >= 0.3 is 11.8 Å². The molecule has 1 atom stereocenters. The summed E-state index contributed by atoms with van der Waals surface area (Å²) in [7, 11) is 0. The van der Waals surface area contributed by atoms with Crippen molar-refractivity contribution >= 4 is 17.5 Å². The SMILES string of the molecule is O=C(NCC(c1ccco1)N1CCN(c2ccccc2F)CC1)C(=O)NC1CCCCCC1. The monoisotopic (exact) mass is 456 g/mol. The van der Waals surface area contributed by atoms with Gasteiger partial charge < -0.3 is 20.0 Å². The van der Waals surface area contributed by atoms with Crippen LogP contribution in [0, 0.1) is 5.82 Å². The van der Waals surface area contributed by atoms with Gasteiger partial charge in [0.2, 0.25) is 0 Å². The summed E-state index contributed by atoms with van der Waals surface area (Å²) in [6.07, 6.45) is 8.03. The Hall–Kier alpha value is -2.87. The van der Waals surface area contributed by atoms with Crippen LogP contribution in [0.25, 0.3) is 0 Å². The maximum atomic E-state index is 14.2. The minimum atomic E-state index is -0.610. The van der Waals surface area contributed by atoms with Gasteiger partial charge in [-0.2, -0.15) is 0 Å². The van der Waals surface area contributed by atoms with E-state index in [4.69, 9.17) is 4.42 Å². The van der Waals surface area contributed by atoms with Crippen molar-refractivity contribution in [2.75, 3.05) is 37.6 Å². The molecule has 2 amide bonds. The van der Waals surface area contributed by atoms with Crippen LogP contribution in [0.15, 0.2) is 47.1 Å². The average Bonchev–Trinajstić information content (AvgIpc) is 3.24. The number of benzene rings is 1. The smallest absolute Gasteiger partial charge is 0.309 e. The Morgan fingerprint density at radius 1 is 0.970 bits per heavy atom. The van der Waals surface area contributed by atoms with Gasteiger partial charge in [0.25, 0.3) is 0 Å². The maximum Gasteiger partial charge on any atom is 0.309 e. The van der Waals surface area contributed by atoms with Gasteiger partial charge in [-0.05, 0) is 37.1 Å². The molecule has 7 nitrogen and oxygen atoms in total. The van der Waals surface area contributed by atoms with Crippen LogP contribution in [0.4, 0.5) is 10.1 Å². The van der Waals surface area contributed by atoms with Crippen LogP contribution in [-0.2, 0) is 9.59 Å². The Kier molecular flexibility index (Phi) is 7.99. The standard InChI is InChI=1S/C25H33FN4O3/c26-20-10-5-6-11-21(20)29-13-15-30(16-14-29)22(23-12-7-17-33-23)18-27-24(31)25(32)28-19-8-3-1-2-4-9-19/h5-7,10-12,17,19,22H,1-4,8-9,13-16,18H2,(H,27,31)(H,28,32). The van der Waals surface area contributed by atoms with Gasteiger partial charge in [-0.25, -0.2) is 4.39 Å². The Morgan fingerprint density at radius 3 is 2.36 bits per heavy atom. The number of piperazine rings is 1. The highest BCUT2D eigenvalue weighted by Crippen LogP contribution is 2.25. The molecule has 1 aromatic carbocycles. The first kappa shape index (κ1) is 23.3. The summed E-state index contributed by atoms with van der Waals surface area (Å²) in [6, 6.07) is 10.4. The first-order valence-corrected chi connectivity index (χ1v) is 12.0. The lowest BCUT2D eigenvalue weighted by molar-refractivity contribution is -0.139. The summed E-state index contributed by atoms with van der Waals surface area (Å²) in [4.78, 5) is 29.2. The topological polar surface area (TPSA) is 77.8 Å². The number of halogens is 1. The molecular weight excluding hydrogens is 423 g/mol. The number of anilines is 1. The predicted octanol–water partition coefficient (Wildman–Crippen LogP) is 3.24. The molecule has 0 bridgehead atoms. The highest BCUT2D eigenvalue weighted by molar-refractivity contribution is 6.35. The quantitative estimate of drug-likeness (QED) is 0.516. The van der Waals surface area contributed by atoms with Crippen molar-refractivity contribution in [2.45, 2.75) is 50.6 Å². The van der Waals surface area contributed by atoms with Gasteiger partial charge in [-0.15, -0.1) is 0 Å². The van der Waals surface area contributed by atoms with Crippen LogP contribution in [0.1, 0.15) is 50.3 Å². The first-order valence-electron chi connectivity index (χ1n) is 12.0. The number of nitrogens with zero attached hydrogens (tertiary/aromatic N) is 2. The van der Waals surface area contributed by atoms with Gasteiger partial charge in [-0.1, -0.05) is 37.8 Å². The molecule has 2 aliphatic rings. The van der Waals surface area contributed by atoms with E-state index >= 15 is 0 Å². The molecule has 4 rings (SSSR count). The Balaban J connectivity index is 1.33. The van der Waals surface area contributed by atoms with E-state index in [1.165, 1.54) is 18.9 Å². The molecule has 0 radical (unpaired) electrons. The second-order valence-electron chi connectivity index (χ2n) is 8.88. The first-order chi connectivity index (χ1) is 16.1. The third kappa shape index (κ3) is 6.13. The second-order valence-corrected chi connectivity index (χ2v) is 8.88. The molecule has 2 fully saturated rings. The largest absolute Gasteiger partial charge is 0.468 e. The molecule has 2 aromatic rings. The number of furan rings is 1. The fourth-order valence-electron chi connectivity index (χ4n) is 4.82. The van der Waals surface area contributed by atoms with E-state index < -0.39 is 11.8 Å². The predicted molar refractivity (Wildman–Crippen MR) is 124 cm³/mol. The van der Waals surface area contributed by atoms with Crippen molar-refractivity contribution in [3.63, 3.8) is 0 Å². The van der Waals surface area contributed by atoms with E-state index in [0.29, 0.717) is 31.9 Å². The molecule has 0 spiro atoms. The molecule has 1 saturated heterocycles. The number of carbonyl (C=O) groups excluding carboxylic acids is 2. The Morgan fingerprint density at radius 2 is 1.70 bits per heavy atom. The van der Waals surface area contributed by atoms with Crippen LogP contribution < -0.4 is 15.5 Å². The summed E-state index contributed by atoms with van der Waals surface area (Å²) in [6.45, 7) is 2.96. The Bertz CT molecular complexity index is 904. The van der Waals surface area contributed by atoms with Crippen molar-refractivity contribution in [1.29, 1.82) is 0 Å². The highest BCUT2D eigenvalue weighted by atomic mass is 19.1. The zero-order chi connectivity index (χ0) is 23.0. The molecule has 33 heavy (non-hydrogen) atoms. The third-order valence-electron chi connectivity index (χ3n) is 6.67. The molecule has 1 aliphatic heterocycles. The summed E-state index contributed by atoms with van der Waals surface area (Å²) in [5.74, 6) is -0.662. The summed E-state index contributed by atoms with van der Waals surface area (Å²) >= 11 is 0. The van der Waals surface area contributed by atoms with Gasteiger partial charge in [0.05, 0.1) is 18.0 Å². The van der Waals surface area contributed by atoms with Crippen molar-refractivity contribution in [3.8, 4) is 0 Å². The van der Waals surface area contributed by atoms with Gasteiger partial charge in [0.1, 0.15) is 11.6 Å². The average molecular weight is 457 g/mol. The van der Waals surface area contributed by atoms with E-state index in [-0.39, 0.29) is 24.4 Å². The van der Waals surface area contributed by atoms with Crippen LogP contribution in [-0.4, -0.2) is 55.5 Å². The van der Waals surface area contributed by atoms with Crippen molar-refractivity contribution in [1.82, 2.24) is 15.5 Å². The van der Waals surface area contributed by atoms with Crippen LogP contribution in [0.5, 0.6) is 0 Å². The number of amides is 2. The van der Waals surface area contributed by atoms with E-state index in [2.05, 4.69) is 15.5 Å². The number of carbonyl (C=O) groups is 2. The van der Waals surface area contributed by atoms with Crippen molar-refractivity contribution in [2.24, 2.45) is 0 Å². The molecule has 2 N–H and O–H groups in total. The normalized spacial score (nSPS) is 19.0. The molecule has 1 aromatic heterocycles. The molecule has 1 aliphatic carbocycles. The zero-order valence-corrected chi connectivity index (χ0v) is 19.0. The van der Waals surface area contributed by atoms with Crippen molar-refractivity contribution in [3.05, 3.63) is 54.2 Å². The minimum Gasteiger partial charge on any atom is -0.468 e. The molecule has 178 valence electrons. The number of rotatable bonds is 6. The second kappa shape index (κ2) is 11.3. The summed E-state index contributed by atoms with van der Waals surface area (Å²) in [5, 5.41) is 5.69. The summed E-state index contributed by atoms with van der Waals surface area (Å²) < 4.78 is 19.8. The molecule has 1 unspecified atom stereocenters. The van der Waals surface area contributed by atoms with Gasteiger partial charge in [-0.3, -0.25) is 14.5 Å². The number of hydrogen-bond donors (Lipinski definition) is 2. The van der Waals surface area contributed by atoms with Crippen LogP contribution >= 0.6 is 0 Å². The number of nitrogens with one attached hydrogen (secondary N) is 2. The lowest BCUT2D eigenvalue weighted by Crippen LogP contribution is -2.51. The molecular formula is C25H33FN4O3. The van der Waals surface area contributed by atoms with Gasteiger partial charge in [0, 0.05) is 38.8 Å². The zero-order valence-electron chi connectivity index (χ0n) is 19.0.